The van der Waals surface area contributed by atoms with E-state index >= 15 is 0 Å². The number of fused-ring (bicyclic) bond motifs is 1. The zero-order valence-corrected chi connectivity index (χ0v) is 7.84. The number of hydrogen-bond acceptors (Lipinski definition) is 4. The zero-order chi connectivity index (χ0) is 10.1. The van der Waals surface area contributed by atoms with Crippen LogP contribution in [0.3, 0.4) is 0 Å². The van der Waals surface area contributed by atoms with Crippen LogP contribution >= 0.6 is 0 Å². The first-order chi connectivity index (χ1) is 6.70. The maximum atomic E-state index is 11.0. The molecule has 5 nitrogen and oxygen atoms in total. The van der Waals surface area contributed by atoms with Gasteiger partial charge < -0.3 is 5.11 Å². The molecule has 1 unspecified atom stereocenters. The van der Waals surface area contributed by atoms with Gasteiger partial charge >= 0.3 is 5.97 Å². The average molecular weight is 193 g/mol. The van der Waals surface area contributed by atoms with Crippen LogP contribution in [0.25, 0.3) is 0 Å². The quantitative estimate of drug-likeness (QED) is 0.684. The highest BCUT2D eigenvalue weighted by Crippen LogP contribution is 2.25. The first-order valence-corrected chi connectivity index (χ1v) is 4.42. The second-order valence-electron chi connectivity index (χ2n) is 3.40. The molecule has 74 valence electrons. The van der Waals surface area contributed by atoms with Gasteiger partial charge in [0.25, 0.3) is 0 Å². The third-order valence-electron chi connectivity index (χ3n) is 2.49. The lowest BCUT2D eigenvalue weighted by molar-refractivity contribution is -0.143. The summed E-state index contributed by atoms with van der Waals surface area (Å²) >= 11 is 0. The van der Waals surface area contributed by atoms with E-state index in [2.05, 4.69) is 9.97 Å². The molecule has 0 aliphatic carbocycles. The maximum absolute atomic E-state index is 11.0. The number of aliphatic carboxylic acids is 1. The monoisotopic (exact) mass is 193 g/mol. The van der Waals surface area contributed by atoms with E-state index in [0.29, 0.717) is 5.69 Å². The number of likely N-dealkylation sites (N-methyl/N-ethyl adjacent to an activating group) is 1. The standard InChI is InChI=1S/C9H11N3O2/c1-12-3-2-6-4-10-5-11-7(6)8(12)9(13)14/h4-5,8H,2-3H2,1H3,(H,13,14). The number of nitrogens with zero attached hydrogens (tertiary/aromatic N) is 3. The minimum Gasteiger partial charge on any atom is -0.480 e. The van der Waals surface area contributed by atoms with Gasteiger partial charge in [0, 0.05) is 12.7 Å². The van der Waals surface area contributed by atoms with E-state index < -0.39 is 12.0 Å². The smallest absolute Gasteiger partial charge is 0.327 e. The summed E-state index contributed by atoms with van der Waals surface area (Å²) in [6.45, 7) is 0.733. The van der Waals surface area contributed by atoms with Crippen LogP contribution in [0.4, 0.5) is 0 Å². The topological polar surface area (TPSA) is 66.3 Å². The summed E-state index contributed by atoms with van der Waals surface area (Å²) in [4.78, 5) is 20.7. The number of aromatic nitrogens is 2. The Morgan fingerprint density at radius 3 is 3.21 bits per heavy atom. The van der Waals surface area contributed by atoms with Gasteiger partial charge in [-0.15, -0.1) is 0 Å². The van der Waals surface area contributed by atoms with Crippen LogP contribution in [0.15, 0.2) is 12.5 Å². The fourth-order valence-electron chi connectivity index (χ4n) is 1.75. The van der Waals surface area contributed by atoms with E-state index in [-0.39, 0.29) is 0 Å². The van der Waals surface area contributed by atoms with E-state index in [9.17, 15) is 4.79 Å². The molecule has 5 heteroatoms. The molecular weight excluding hydrogens is 182 g/mol. The minimum absolute atomic E-state index is 0.623. The molecule has 1 aliphatic rings. The normalized spacial score (nSPS) is 21.6. The summed E-state index contributed by atoms with van der Waals surface area (Å²) in [6.07, 6.45) is 3.91. The van der Waals surface area contributed by atoms with E-state index in [1.54, 1.807) is 18.1 Å². The molecule has 0 amide bonds. The average Bonchev–Trinajstić information content (AvgIpc) is 2.17. The molecule has 1 aliphatic heterocycles. The van der Waals surface area contributed by atoms with Gasteiger partial charge in [0.2, 0.25) is 0 Å². The molecule has 0 aromatic carbocycles. The van der Waals surface area contributed by atoms with Crippen LogP contribution in [0.5, 0.6) is 0 Å². The predicted octanol–water partition coefficient (Wildman–Crippen LogP) is 0.0902. The van der Waals surface area contributed by atoms with Gasteiger partial charge in [-0.25, -0.2) is 9.97 Å². The van der Waals surface area contributed by atoms with Crippen LogP contribution < -0.4 is 0 Å². The Balaban J connectivity index is 2.46. The highest BCUT2D eigenvalue weighted by Gasteiger charge is 2.31. The van der Waals surface area contributed by atoms with Crippen LogP contribution in [0, 0.1) is 0 Å². The third-order valence-corrected chi connectivity index (χ3v) is 2.49. The summed E-state index contributed by atoms with van der Waals surface area (Å²) < 4.78 is 0. The number of carbonyl (C=O) groups is 1. The van der Waals surface area contributed by atoms with Crippen molar-refractivity contribution < 1.29 is 9.90 Å². The van der Waals surface area contributed by atoms with Crippen molar-refractivity contribution in [1.29, 1.82) is 0 Å². The number of carboxylic acids is 1. The lowest BCUT2D eigenvalue weighted by Crippen LogP contribution is -2.37. The lowest BCUT2D eigenvalue weighted by atomic mass is 10.00. The summed E-state index contributed by atoms with van der Waals surface area (Å²) in [5.74, 6) is -0.854. The molecule has 1 N–H and O–H groups in total. The first kappa shape index (κ1) is 9.08. The molecule has 0 spiro atoms. The molecule has 2 rings (SSSR count). The van der Waals surface area contributed by atoms with Crippen molar-refractivity contribution >= 4 is 5.97 Å². The van der Waals surface area contributed by atoms with Crippen LogP contribution in [-0.2, 0) is 11.2 Å². The summed E-state index contributed by atoms with van der Waals surface area (Å²) in [5.41, 5.74) is 1.57. The van der Waals surface area contributed by atoms with Crippen LogP contribution in [0.2, 0.25) is 0 Å². The highest BCUT2D eigenvalue weighted by atomic mass is 16.4. The molecule has 0 fully saturated rings. The molecule has 0 saturated heterocycles. The summed E-state index contributed by atoms with van der Waals surface area (Å²) in [7, 11) is 1.80. The van der Waals surface area contributed by atoms with Crippen molar-refractivity contribution in [2.75, 3.05) is 13.6 Å². The largest absolute Gasteiger partial charge is 0.480 e. The van der Waals surface area contributed by atoms with Gasteiger partial charge in [-0.05, 0) is 19.0 Å². The maximum Gasteiger partial charge on any atom is 0.327 e. The summed E-state index contributed by atoms with van der Waals surface area (Å²) in [6, 6.07) is -0.623. The van der Waals surface area contributed by atoms with Crippen molar-refractivity contribution in [3.8, 4) is 0 Å². The molecule has 0 radical (unpaired) electrons. The molecule has 1 atom stereocenters. The Kier molecular flexibility index (Phi) is 2.17. The van der Waals surface area contributed by atoms with Crippen LogP contribution in [-0.4, -0.2) is 39.5 Å². The Morgan fingerprint density at radius 2 is 2.50 bits per heavy atom. The van der Waals surface area contributed by atoms with Crippen molar-refractivity contribution in [2.24, 2.45) is 0 Å². The lowest BCUT2D eigenvalue weighted by Gasteiger charge is -2.29. The first-order valence-electron chi connectivity index (χ1n) is 4.42. The molecule has 14 heavy (non-hydrogen) atoms. The van der Waals surface area contributed by atoms with Gasteiger partial charge in [0.15, 0.2) is 6.04 Å². The van der Waals surface area contributed by atoms with Crippen LogP contribution in [0.1, 0.15) is 17.3 Å². The van der Waals surface area contributed by atoms with E-state index in [4.69, 9.17) is 5.11 Å². The molecule has 0 bridgehead atoms. The number of hydrogen-bond donors (Lipinski definition) is 1. The van der Waals surface area contributed by atoms with E-state index in [0.717, 1.165) is 18.5 Å². The van der Waals surface area contributed by atoms with Crippen molar-refractivity contribution in [3.05, 3.63) is 23.8 Å². The highest BCUT2D eigenvalue weighted by molar-refractivity contribution is 5.75. The fraction of sp³-hybridized carbons (Fsp3) is 0.444. The van der Waals surface area contributed by atoms with Crippen molar-refractivity contribution in [3.63, 3.8) is 0 Å². The predicted molar refractivity (Wildman–Crippen MR) is 48.7 cm³/mol. The Morgan fingerprint density at radius 1 is 1.71 bits per heavy atom. The third kappa shape index (κ3) is 1.35. The Bertz CT molecular complexity index is 367. The zero-order valence-electron chi connectivity index (χ0n) is 7.84. The molecular formula is C9H11N3O2. The van der Waals surface area contributed by atoms with Crippen molar-refractivity contribution in [1.82, 2.24) is 14.9 Å². The van der Waals surface area contributed by atoms with Gasteiger partial charge in [-0.1, -0.05) is 0 Å². The van der Waals surface area contributed by atoms with Crippen molar-refractivity contribution in [2.45, 2.75) is 12.5 Å². The van der Waals surface area contributed by atoms with E-state index in [1.165, 1.54) is 6.33 Å². The molecule has 2 heterocycles. The van der Waals surface area contributed by atoms with E-state index in [1.807, 2.05) is 0 Å². The Hall–Kier alpha value is -1.49. The van der Waals surface area contributed by atoms with Gasteiger partial charge in [-0.3, -0.25) is 9.69 Å². The van der Waals surface area contributed by atoms with Gasteiger partial charge in [0.05, 0.1) is 5.69 Å². The fourth-order valence-corrected chi connectivity index (χ4v) is 1.75. The molecule has 1 aromatic heterocycles. The minimum atomic E-state index is -0.854. The van der Waals surface area contributed by atoms with Gasteiger partial charge in [-0.2, -0.15) is 0 Å². The molecule has 1 aromatic rings. The molecule has 0 saturated carbocycles. The number of carboxylic acid groups (broad SMARTS) is 1. The van der Waals surface area contributed by atoms with Gasteiger partial charge in [0.1, 0.15) is 6.33 Å². The second-order valence-corrected chi connectivity index (χ2v) is 3.40. The number of rotatable bonds is 1. The Labute approximate surface area is 81.4 Å². The summed E-state index contributed by atoms with van der Waals surface area (Å²) in [5, 5.41) is 9.05. The second kappa shape index (κ2) is 3.34. The SMILES string of the molecule is CN1CCc2cncnc2C1C(=O)O.